The van der Waals surface area contributed by atoms with Crippen molar-refractivity contribution in [2.24, 2.45) is 0 Å². The molecule has 0 spiro atoms. The molecule has 0 unspecified atom stereocenters. The fraction of sp³-hybridized carbons (Fsp3) is 0.543. The van der Waals surface area contributed by atoms with Gasteiger partial charge in [0, 0.05) is 55.8 Å². The van der Waals surface area contributed by atoms with Gasteiger partial charge in [-0.2, -0.15) is 10.2 Å². The molecular weight excluding hydrogens is 604 g/mol. The van der Waals surface area contributed by atoms with Gasteiger partial charge in [0.15, 0.2) is 0 Å². The first-order valence-corrected chi connectivity index (χ1v) is 16.6. The number of likely N-dealkylation sites (tertiary alicyclic amines) is 1. The van der Waals surface area contributed by atoms with Gasteiger partial charge in [-0.3, -0.25) is 4.90 Å². The monoisotopic (exact) mass is 650 g/mol. The molecule has 1 aromatic heterocycles. The van der Waals surface area contributed by atoms with Crippen LogP contribution in [0.2, 0.25) is 5.02 Å². The summed E-state index contributed by atoms with van der Waals surface area (Å²) in [6, 6.07) is 12.7. The van der Waals surface area contributed by atoms with Crippen LogP contribution in [0.25, 0.3) is 22.0 Å². The van der Waals surface area contributed by atoms with E-state index in [-0.39, 0.29) is 24.3 Å². The van der Waals surface area contributed by atoms with E-state index in [4.69, 9.17) is 21.1 Å². The van der Waals surface area contributed by atoms with Crippen molar-refractivity contribution in [2.75, 3.05) is 31.1 Å². The number of aromatic nitrogens is 2. The first-order chi connectivity index (χ1) is 21.7. The number of alkyl carbamates (subject to hydrolysis) is 2. The van der Waals surface area contributed by atoms with Crippen molar-refractivity contribution in [3.63, 3.8) is 0 Å². The Labute approximate surface area is 277 Å². The highest BCUT2D eigenvalue weighted by atomic mass is 35.5. The number of carbonyl (C=O) groups excluding carboxylic acids is 2. The minimum atomic E-state index is -0.523. The first-order valence-electron chi connectivity index (χ1n) is 16.2. The number of benzene rings is 2. The second-order valence-corrected chi connectivity index (χ2v) is 14.8. The molecule has 2 aromatic carbocycles. The summed E-state index contributed by atoms with van der Waals surface area (Å²) in [5.41, 5.74) is 4.02. The summed E-state index contributed by atoms with van der Waals surface area (Å²) >= 11 is 6.73. The van der Waals surface area contributed by atoms with Crippen molar-refractivity contribution in [2.45, 2.75) is 97.1 Å². The topological polar surface area (TPSA) is 109 Å². The van der Waals surface area contributed by atoms with Gasteiger partial charge in [0.05, 0.1) is 22.4 Å². The molecule has 2 aliphatic heterocycles. The van der Waals surface area contributed by atoms with Gasteiger partial charge in [-0.15, -0.1) is 0 Å². The van der Waals surface area contributed by atoms with E-state index in [9.17, 15) is 9.59 Å². The Morgan fingerprint density at radius 3 is 2.02 bits per heavy atom. The number of fused-ring (bicyclic) bond motifs is 1. The van der Waals surface area contributed by atoms with Gasteiger partial charge in [0.2, 0.25) is 0 Å². The van der Waals surface area contributed by atoms with Crippen molar-refractivity contribution in [3.05, 3.63) is 53.2 Å². The second-order valence-electron chi connectivity index (χ2n) is 14.4. The van der Waals surface area contributed by atoms with Crippen molar-refractivity contribution in [3.8, 4) is 11.1 Å². The van der Waals surface area contributed by atoms with Crippen molar-refractivity contribution in [1.29, 1.82) is 0 Å². The molecule has 10 nitrogen and oxygen atoms in total. The van der Waals surface area contributed by atoms with Crippen LogP contribution in [0, 0.1) is 0 Å². The van der Waals surface area contributed by atoms with Gasteiger partial charge in [-0.1, -0.05) is 23.7 Å². The molecule has 0 bridgehead atoms. The SMILES string of the molecule is CC(C)(C)OC(=O)NC1CCN(Cc2ccc3nncc(-c4ccc(Cl)c(N5CCC(NC(=O)OC(C)(C)C)CC5)c4)c3c2)CC1. The van der Waals surface area contributed by atoms with Crippen LogP contribution in [0.15, 0.2) is 42.6 Å². The van der Waals surface area contributed by atoms with Crippen LogP contribution in [0.3, 0.4) is 0 Å². The molecule has 3 aromatic rings. The highest BCUT2D eigenvalue weighted by molar-refractivity contribution is 6.33. The third-order valence-electron chi connectivity index (χ3n) is 8.23. The average Bonchev–Trinajstić information content (AvgIpc) is 2.97. The fourth-order valence-corrected chi connectivity index (χ4v) is 6.30. The Morgan fingerprint density at radius 2 is 1.43 bits per heavy atom. The van der Waals surface area contributed by atoms with Crippen LogP contribution in [0.1, 0.15) is 72.8 Å². The summed E-state index contributed by atoms with van der Waals surface area (Å²) in [5.74, 6) is 0. The molecule has 2 N–H and O–H groups in total. The van der Waals surface area contributed by atoms with Crippen LogP contribution < -0.4 is 15.5 Å². The zero-order valence-corrected chi connectivity index (χ0v) is 28.6. The molecule has 0 aliphatic carbocycles. The Morgan fingerprint density at radius 1 is 0.848 bits per heavy atom. The molecule has 11 heteroatoms. The molecular formula is C35H47ClN6O4. The third-order valence-corrected chi connectivity index (χ3v) is 8.55. The molecule has 0 saturated carbocycles. The summed E-state index contributed by atoms with van der Waals surface area (Å²) in [5, 5.41) is 16.5. The number of hydrogen-bond acceptors (Lipinski definition) is 8. The number of ether oxygens (including phenoxy) is 2. The Balaban J connectivity index is 1.24. The predicted molar refractivity (Wildman–Crippen MR) is 182 cm³/mol. The normalized spacial score (nSPS) is 17.2. The number of anilines is 1. The van der Waals surface area contributed by atoms with E-state index in [1.54, 1.807) is 0 Å². The third kappa shape index (κ3) is 9.22. The lowest BCUT2D eigenvalue weighted by molar-refractivity contribution is 0.0472. The van der Waals surface area contributed by atoms with Crippen molar-refractivity contribution < 1.29 is 19.1 Å². The first kappa shape index (κ1) is 33.7. The lowest BCUT2D eigenvalue weighted by atomic mass is 9.99. The number of piperidine rings is 2. The van der Waals surface area contributed by atoms with E-state index < -0.39 is 11.2 Å². The molecule has 46 heavy (non-hydrogen) atoms. The summed E-state index contributed by atoms with van der Waals surface area (Å²) in [4.78, 5) is 29.2. The number of halogens is 1. The molecule has 2 saturated heterocycles. The van der Waals surface area contributed by atoms with Crippen LogP contribution in [0.5, 0.6) is 0 Å². The summed E-state index contributed by atoms with van der Waals surface area (Å²) in [6.07, 6.45) is 4.47. The van der Waals surface area contributed by atoms with Crippen LogP contribution >= 0.6 is 11.6 Å². The molecule has 0 atom stereocenters. The number of carbonyl (C=O) groups is 2. The Bertz CT molecular complexity index is 1540. The standard InChI is InChI=1S/C35H47ClN6O4/c1-34(2,3)45-32(43)38-25-11-15-41(16-12-25)22-23-7-10-30-27(19-23)28(21-37-40-30)24-8-9-29(36)31(20-24)42-17-13-26(14-18-42)39-33(44)46-35(4,5)6/h7-10,19-21,25-26H,11-18,22H2,1-6H3,(H,38,43)(H,39,44). The van der Waals surface area contributed by atoms with E-state index in [2.05, 4.69) is 48.8 Å². The second kappa shape index (κ2) is 14.0. The number of nitrogens with one attached hydrogen (secondary N) is 2. The predicted octanol–water partition coefficient (Wildman–Crippen LogP) is 6.93. The highest BCUT2D eigenvalue weighted by Gasteiger charge is 2.26. The number of rotatable bonds is 6. The van der Waals surface area contributed by atoms with E-state index in [1.165, 1.54) is 5.56 Å². The smallest absolute Gasteiger partial charge is 0.407 e. The molecule has 5 rings (SSSR count). The summed E-state index contributed by atoms with van der Waals surface area (Å²) < 4.78 is 10.9. The Hall–Kier alpha value is -3.63. The lowest BCUT2D eigenvalue weighted by Gasteiger charge is -2.35. The minimum absolute atomic E-state index is 0.0619. The zero-order chi connectivity index (χ0) is 33.1. The summed E-state index contributed by atoms with van der Waals surface area (Å²) in [6.45, 7) is 15.4. The molecule has 248 valence electrons. The maximum atomic E-state index is 12.3. The van der Waals surface area contributed by atoms with Gasteiger partial charge in [-0.05, 0) is 103 Å². The van der Waals surface area contributed by atoms with E-state index in [0.29, 0.717) is 5.02 Å². The highest BCUT2D eigenvalue weighted by Crippen LogP contribution is 2.35. The van der Waals surface area contributed by atoms with Crippen LogP contribution in [-0.2, 0) is 16.0 Å². The number of amides is 2. The van der Waals surface area contributed by atoms with Crippen LogP contribution in [-0.4, -0.2) is 76.7 Å². The zero-order valence-electron chi connectivity index (χ0n) is 27.9. The maximum absolute atomic E-state index is 12.3. The molecule has 3 heterocycles. The molecule has 2 aliphatic rings. The minimum Gasteiger partial charge on any atom is -0.444 e. The quantitative estimate of drug-likeness (QED) is 0.296. The maximum Gasteiger partial charge on any atom is 0.407 e. The largest absolute Gasteiger partial charge is 0.444 e. The van der Waals surface area contributed by atoms with Crippen molar-refractivity contribution in [1.82, 2.24) is 25.7 Å². The van der Waals surface area contributed by atoms with Gasteiger partial charge in [0.1, 0.15) is 11.2 Å². The van der Waals surface area contributed by atoms with Gasteiger partial charge < -0.3 is 25.0 Å². The van der Waals surface area contributed by atoms with Gasteiger partial charge in [-0.25, -0.2) is 9.59 Å². The van der Waals surface area contributed by atoms with E-state index in [1.807, 2.05) is 65.9 Å². The Kier molecular flexibility index (Phi) is 10.3. The molecule has 2 fully saturated rings. The molecule has 2 amide bonds. The number of nitrogens with zero attached hydrogens (tertiary/aromatic N) is 4. The van der Waals surface area contributed by atoms with Gasteiger partial charge >= 0.3 is 12.2 Å². The van der Waals surface area contributed by atoms with Crippen LogP contribution in [0.4, 0.5) is 15.3 Å². The fourth-order valence-electron chi connectivity index (χ4n) is 6.06. The lowest BCUT2D eigenvalue weighted by Crippen LogP contribution is -2.46. The summed E-state index contributed by atoms with van der Waals surface area (Å²) in [7, 11) is 0. The van der Waals surface area contributed by atoms with E-state index >= 15 is 0 Å². The average molecular weight is 651 g/mol. The molecule has 0 radical (unpaired) electrons. The van der Waals surface area contributed by atoms with Crippen molar-refractivity contribution >= 4 is 40.4 Å². The van der Waals surface area contributed by atoms with Gasteiger partial charge in [0.25, 0.3) is 0 Å². The number of hydrogen-bond donors (Lipinski definition) is 2. The van der Waals surface area contributed by atoms with E-state index in [0.717, 1.165) is 86.1 Å².